The number of hydrogen-bond donors (Lipinski definition) is 0. The van der Waals surface area contributed by atoms with Crippen LogP contribution in [0.25, 0.3) is 33.3 Å². The molecule has 0 aliphatic carbocycles. The van der Waals surface area contributed by atoms with E-state index >= 15 is 0 Å². The second-order valence-electron chi connectivity index (χ2n) is 25.1. The number of benzene rings is 8. The molecule has 5 nitrogen and oxygen atoms in total. The van der Waals surface area contributed by atoms with Crippen LogP contribution >= 0.6 is 0 Å². The molecule has 0 unspecified atom stereocenters. The van der Waals surface area contributed by atoms with Crippen molar-refractivity contribution >= 4 is 38.9 Å². The summed E-state index contributed by atoms with van der Waals surface area (Å²) in [6.07, 6.45) is 4.30. The summed E-state index contributed by atoms with van der Waals surface area (Å²) in [6.45, 7) is 28.3. The molecule has 5 heteroatoms. The topological polar surface area (TPSA) is 33.5 Å². The Bertz CT molecular complexity index is 3770. The number of fused-ring (bicyclic) bond motifs is 3. The van der Waals surface area contributed by atoms with Gasteiger partial charge in [-0.3, -0.25) is 4.57 Å². The first kappa shape index (κ1) is 51.9. The van der Waals surface area contributed by atoms with Gasteiger partial charge in [-0.05, 0) is 109 Å². The van der Waals surface area contributed by atoms with Gasteiger partial charge in [-0.15, -0.1) is 0 Å². The lowest BCUT2D eigenvalue weighted by atomic mass is 9.73. The SMILES string of the molecule is CC(C)(C)c1ccnc(-n2c3ccccc3c3c(C(C)(C)C)cc(Oc4cc(N5CN(c6cc(C(C)(C)c7ccccc7)cc(C(C)(C)c7ccccc7)c6)C=C5c5ccccc5)cc(C(C)(C)c5ccccc5)c4)cc32)c1. The molecule has 0 fully saturated rings. The molecule has 392 valence electrons. The van der Waals surface area contributed by atoms with Gasteiger partial charge in [0.1, 0.15) is 17.3 Å². The van der Waals surface area contributed by atoms with Crippen LogP contribution in [0.3, 0.4) is 0 Å². The van der Waals surface area contributed by atoms with Gasteiger partial charge in [-0.1, -0.05) is 229 Å². The molecule has 11 rings (SSSR count). The van der Waals surface area contributed by atoms with Crippen LogP contribution in [0.4, 0.5) is 11.4 Å². The Balaban J connectivity index is 1.09. The van der Waals surface area contributed by atoms with Crippen LogP contribution in [0, 0.1) is 0 Å². The summed E-state index contributed by atoms with van der Waals surface area (Å²) in [5.41, 5.74) is 15.4. The lowest BCUT2D eigenvalue weighted by Crippen LogP contribution is -2.28. The average Bonchev–Trinajstić information content (AvgIpc) is 4.16. The van der Waals surface area contributed by atoms with Crippen LogP contribution < -0.4 is 14.5 Å². The van der Waals surface area contributed by atoms with Crippen molar-refractivity contribution in [2.24, 2.45) is 0 Å². The van der Waals surface area contributed by atoms with Gasteiger partial charge in [-0.25, -0.2) is 4.98 Å². The van der Waals surface area contributed by atoms with Gasteiger partial charge in [-0.2, -0.15) is 0 Å². The number of ether oxygens (including phenoxy) is 1. The van der Waals surface area contributed by atoms with Gasteiger partial charge >= 0.3 is 0 Å². The molecule has 0 saturated carbocycles. The highest BCUT2D eigenvalue weighted by Crippen LogP contribution is 2.47. The van der Waals surface area contributed by atoms with E-state index in [1.54, 1.807) is 0 Å². The van der Waals surface area contributed by atoms with Gasteiger partial charge in [0.05, 0.1) is 23.4 Å². The molecule has 0 amide bonds. The molecule has 10 aromatic rings. The minimum Gasteiger partial charge on any atom is -0.457 e. The molecular weight excluding hydrogens is 949 g/mol. The minimum atomic E-state index is -0.378. The summed E-state index contributed by atoms with van der Waals surface area (Å²) in [5, 5.41) is 2.42. The fraction of sp³-hybridized carbons (Fsp3) is 0.247. The summed E-state index contributed by atoms with van der Waals surface area (Å²) in [7, 11) is 0. The second-order valence-corrected chi connectivity index (χ2v) is 25.1. The zero-order valence-electron chi connectivity index (χ0n) is 47.7. The molecular formula is C73H74N4O. The van der Waals surface area contributed by atoms with E-state index in [4.69, 9.17) is 9.72 Å². The van der Waals surface area contributed by atoms with E-state index in [9.17, 15) is 0 Å². The first-order valence-corrected chi connectivity index (χ1v) is 27.7. The van der Waals surface area contributed by atoms with Gasteiger partial charge in [0.15, 0.2) is 0 Å². The van der Waals surface area contributed by atoms with Gasteiger partial charge in [0.25, 0.3) is 0 Å². The summed E-state index contributed by atoms with van der Waals surface area (Å²) < 4.78 is 9.74. The van der Waals surface area contributed by atoms with Gasteiger partial charge in [0.2, 0.25) is 0 Å². The van der Waals surface area contributed by atoms with Crippen LogP contribution in [0.2, 0.25) is 0 Å². The number of para-hydroxylation sites is 1. The largest absolute Gasteiger partial charge is 0.457 e. The Labute approximate surface area is 463 Å². The standard InChI is InChI=1S/C73H74N4O/c1-69(2,3)54-37-38-74-67(44-54)77-64-36-26-25-35-62(64)68-63(70(4,5)6)46-61(47-65(68)77)78-60-43-57(73(11,12)53-33-23-16-24-34-53)42-59(45-60)76-49-75(48-66(76)50-27-17-13-18-28-50)58-40-55(71(7,8)51-29-19-14-20-30-51)39-56(41-58)72(9,10)52-31-21-15-22-32-52/h13-48H,49H2,1-12H3. The maximum atomic E-state index is 7.41. The van der Waals surface area contributed by atoms with Crippen molar-refractivity contribution in [1.29, 1.82) is 0 Å². The molecule has 0 atom stereocenters. The molecule has 3 heterocycles. The number of pyridine rings is 1. The monoisotopic (exact) mass is 1020 g/mol. The van der Waals surface area contributed by atoms with E-state index in [0.29, 0.717) is 6.67 Å². The van der Waals surface area contributed by atoms with Crippen LogP contribution in [0.15, 0.2) is 219 Å². The van der Waals surface area contributed by atoms with Crippen molar-refractivity contribution in [2.75, 3.05) is 16.5 Å². The summed E-state index contributed by atoms with van der Waals surface area (Å²) in [6, 6.07) is 75.4. The highest BCUT2D eigenvalue weighted by molar-refractivity contribution is 6.11. The van der Waals surface area contributed by atoms with E-state index < -0.39 is 0 Å². The predicted molar refractivity (Wildman–Crippen MR) is 329 cm³/mol. The molecule has 1 aliphatic rings. The van der Waals surface area contributed by atoms with E-state index in [-0.39, 0.29) is 27.1 Å². The average molecular weight is 1020 g/mol. The predicted octanol–water partition coefficient (Wildman–Crippen LogP) is 18.8. The van der Waals surface area contributed by atoms with E-state index in [1.807, 2.05) is 6.20 Å². The van der Waals surface area contributed by atoms with E-state index in [2.05, 4.69) is 310 Å². The first-order valence-electron chi connectivity index (χ1n) is 27.7. The Morgan fingerprint density at radius 2 is 0.910 bits per heavy atom. The van der Waals surface area contributed by atoms with Crippen molar-refractivity contribution in [1.82, 2.24) is 9.55 Å². The molecule has 1 aliphatic heterocycles. The van der Waals surface area contributed by atoms with Crippen LogP contribution in [-0.4, -0.2) is 16.2 Å². The Morgan fingerprint density at radius 1 is 0.410 bits per heavy atom. The van der Waals surface area contributed by atoms with Crippen molar-refractivity contribution in [2.45, 2.75) is 110 Å². The van der Waals surface area contributed by atoms with Crippen molar-refractivity contribution < 1.29 is 4.74 Å². The minimum absolute atomic E-state index is 0.0506. The zero-order chi connectivity index (χ0) is 54.8. The zero-order valence-corrected chi connectivity index (χ0v) is 47.7. The number of hydrogen-bond acceptors (Lipinski definition) is 4. The van der Waals surface area contributed by atoms with Gasteiger partial charge < -0.3 is 14.5 Å². The Hall–Kier alpha value is -8.15. The maximum Gasteiger partial charge on any atom is 0.137 e. The second kappa shape index (κ2) is 19.7. The van der Waals surface area contributed by atoms with E-state index in [1.165, 1.54) is 49.7 Å². The van der Waals surface area contributed by atoms with Crippen molar-refractivity contribution in [3.63, 3.8) is 0 Å². The van der Waals surface area contributed by atoms with Crippen LogP contribution in [0.5, 0.6) is 11.5 Å². The third-order valence-corrected chi connectivity index (χ3v) is 16.7. The molecule has 0 bridgehead atoms. The fourth-order valence-corrected chi connectivity index (χ4v) is 11.5. The van der Waals surface area contributed by atoms with Crippen LogP contribution in [-0.2, 0) is 27.1 Å². The highest BCUT2D eigenvalue weighted by Gasteiger charge is 2.34. The summed E-state index contributed by atoms with van der Waals surface area (Å²) >= 11 is 0. The number of rotatable bonds is 12. The fourth-order valence-electron chi connectivity index (χ4n) is 11.5. The lowest BCUT2D eigenvalue weighted by Gasteiger charge is -2.33. The number of anilines is 2. The molecule has 0 spiro atoms. The smallest absolute Gasteiger partial charge is 0.137 e. The Morgan fingerprint density at radius 3 is 1.46 bits per heavy atom. The van der Waals surface area contributed by atoms with Gasteiger partial charge in [0, 0.05) is 62.9 Å². The number of nitrogens with zero attached hydrogens (tertiary/aromatic N) is 4. The third kappa shape index (κ3) is 9.69. The summed E-state index contributed by atoms with van der Waals surface area (Å²) in [4.78, 5) is 9.97. The third-order valence-electron chi connectivity index (χ3n) is 16.7. The molecule has 0 saturated heterocycles. The Kier molecular flexibility index (Phi) is 13.1. The van der Waals surface area contributed by atoms with Crippen molar-refractivity contribution in [3.05, 3.63) is 269 Å². The molecule has 78 heavy (non-hydrogen) atoms. The van der Waals surface area contributed by atoms with Crippen molar-refractivity contribution in [3.8, 4) is 17.3 Å². The summed E-state index contributed by atoms with van der Waals surface area (Å²) in [5.74, 6) is 2.44. The maximum absolute atomic E-state index is 7.41. The first-order chi connectivity index (χ1) is 37.2. The van der Waals surface area contributed by atoms with Crippen LogP contribution in [0.1, 0.15) is 133 Å². The normalized spacial score (nSPS) is 13.6. The number of aromatic nitrogens is 2. The molecule has 0 radical (unpaired) electrons. The molecule has 8 aromatic carbocycles. The lowest BCUT2D eigenvalue weighted by molar-refractivity contribution is 0.477. The van der Waals surface area contributed by atoms with E-state index in [0.717, 1.165) is 56.5 Å². The molecule has 2 aromatic heterocycles. The quantitative estimate of drug-likeness (QED) is 0.122. The molecule has 0 N–H and O–H groups in total. The highest BCUT2D eigenvalue weighted by atomic mass is 16.5.